The summed E-state index contributed by atoms with van der Waals surface area (Å²) >= 11 is 3.52. The number of hydrogen-bond donors (Lipinski definition) is 1. The summed E-state index contributed by atoms with van der Waals surface area (Å²) in [6.07, 6.45) is 1.85. The summed E-state index contributed by atoms with van der Waals surface area (Å²) in [5.74, 6) is 1.19. The van der Waals surface area contributed by atoms with Gasteiger partial charge in [-0.15, -0.1) is 0 Å². The highest BCUT2D eigenvalue weighted by atomic mass is 127. The molecule has 9 heteroatoms. The molecule has 1 amide bonds. The lowest BCUT2D eigenvalue weighted by atomic mass is 9.95. The molecule has 1 atom stereocenters. The van der Waals surface area contributed by atoms with Gasteiger partial charge in [0.05, 0.1) is 39.1 Å². The Morgan fingerprint density at radius 2 is 1.87 bits per heavy atom. The fourth-order valence-corrected chi connectivity index (χ4v) is 6.29. The number of amides is 1. The zero-order valence-corrected chi connectivity index (χ0v) is 24.6. The van der Waals surface area contributed by atoms with Crippen molar-refractivity contribution < 1.29 is 14.3 Å². The Kier molecular flexibility index (Phi) is 7.99. The van der Waals surface area contributed by atoms with Crippen molar-refractivity contribution >= 4 is 51.6 Å². The molecule has 0 fully saturated rings. The number of fused-ring (bicyclic) bond motifs is 1. The van der Waals surface area contributed by atoms with E-state index in [4.69, 9.17) is 14.5 Å². The van der Waals surface area contributed by atoms with E-state index in [2.05, 4.69) is 27.9 Å². The topological polar surface area (TPSA) is 81.9 Å². The fourth-order valence-electron chi connectivity index (χ4n) is 4.48. The van der Waals surface area contributed by atoms with Gasteiger partial charge in [-0.05, 0) is 90.0 Å². The lowest BCUT2D eigenvalue weighted by molar-refractivity contribution is -0.113. The van der Waals surface area contributed by atoms with Crippen LogP contribution in [0.5, 0.6) is 11.5 Å². The highest BCUT2D eigenvalue weighted by molar-refractivity contribution is 14.1. The number of aromatic nitrogens is 1. The molecule has 0 aliphatic carbocycles. The summed E-state index contributed by atoms with van der Waals surface area (Å²) in [6, 6.07) is 21.9. The van der Waals surface area contributed by atoms with Crippen molar-refractivity contribution in [1.29, 1.82) is 0 Å². The summed E-state index contributed by atoms with van der Waals surface area (Å²) < 4.78 is 14.1. The van der Waals surface area contributed by atoms with E-state index in [0.29, 0.717) is 32.9 Å². The largest absolute Gasteiger partial charge is 0.496 e. The quantitative estimate of drug-likeness (QED) is 0.289. The number of hydrogen-bond acceptors (Lipinski definition) is 6. The Balaban J connectivity index is 1.65. The molecule has 198 valence electrons. The SMILES string of the molecule is CCOc1ccc(C2C(C(=O)Nc3ccccc3)=C(C)N=c3s/c(=C/c4ccc(OC)c(I)c4)c(=O)n32)cc1. The van der Waals surface area contributed by atoms with E-state index in [9.17, 15) is 9.59 Å². The van der Waals surface area contributed by atoms with Crippen molar-refractivity contribution in [1.82, 2.24) is 4.57 Å². The number of methoxy groups -OCH3 is 1. The van der Waals surface area contributed by atoms with Gasteiger partial charge >= 0.3 is 0 Å². The smallest absolute Gasteiger partial charge is 0.271 e. The van der Waals surface area contributed by atoms with Gasteiger partial charge in [-0.1, -0.05) is 47.7 Å². The molecule has 3 aromatic carbocycles. The number of nitrogens with zero attached hydrogens (tertiary/aromatic N) is 2. The van der Waals surface area contributed by atoms with Crippen LogP contribution in [0.4, 0.5) is 5.69 Å². The molecule has 0 saturated carbocycles. The average molecular weight is 652 g/mol. The zero-order valence-electron chi connectivity index (χ0n) is 21.6. The lowest BCUT2D eigenvalue weighted by Crippen LogP contribution is -2.40. The maximum atomic E-state index is 13.9. The third-order valence-corrected chi connectivity index (χ3v) is 8.10. The Morgan fingerprint density at radius 3 is 2.54 bits per heavy atom. The summed E-state index contributed by atoms with van der Waals surface area (Å²) in [5.41, 5.74) is 3.11. The first-order valence-corrected chi connectivity index (χ1v) is 14.2. The van der Waals surface area contributed by atoms with E-state index in [1.54, 1.807) is 11.7 Å². The van der Waals surface area contributed by atoms with Gasteiger partial charge in [0.15, 0.2) is 4.80 Å². The van der Waals surface area contributed by atoms with Crippen LogP contribution in [0, 0.1) is 3.57 Å². The van der Waals surface area contributed by atoms with Crippen molar-refractivity contribution in [3.05, 3.63) is 118 Å². The lowest BCUT2D eigenvalue weighted by Gasteiger charge is -2.25. The summed E-state index contributed by atoms with van der Waals surface area (Å²) in [4.78, 5) is 32.8. The number of anilines is 1. The maximum absolute atomic E-state index is 13.9. The monoisotopic (exact) mass is 651 g/mol. The third-order valence-electron chi connectivity index (χ3n) is 6.28. The van der Waals surface area contributed by atoms with E-state index < -0.39 is 6.04 Å². The number of rotatable bonds is 7. The van der Waals surface area contributed by atoms with E-state index in [1.807, 2.05) is 92.7 Å². The molecule has 1 N–H and O–H groups in total. The molecule has 0 radical (unpaired) electrons. The second-order valence-electron chi connectivity index (χ2n) is 8.80. The minimum Gasteiger partial charge on any atom is -0.496 e. The highest BCUT2D eigenvalue weighted by Crippen LogP contribution is 2.32. The van der Waals surface area contributed by atoms with Crippen molar-refractivity contribution in [2.75, 3.05) is 19.0 Å². The van der Waals surface area contributed by atoms with E-state index >= 15 is 0 Å². The summed E-state index contributed by atoms with van der Waals surface area (Å²) in [5, 5.41) is 2.97. The Bertz CT molecular complexity index is 1740. The van der Waals surface area contributed by atoms with Gasteiger partial charge < -0.3 is 14.8 Å². The van der Waals surface area contributed by atoms with Crippen LogP contribution >= 0.6 is 33.9 Å². The third kappa shape index (κ3) is 5.55. The number of allylic oxidation sites excluding steroid dienone is 1. The summed E-state index contributed by atoms with van der Waals surface area (Å²) in [7, 11) is 1.63. The molecule has 5 rings (SSSR count). The van der Waals surface area contributed by atoms with Gasteiger partial charge in [-0.3, -0.25) is 14.2 Å². The van der Waals surface area contributed by atoms with Crippen molar-refractivity contribution in [3.63, 3.8) is 0 Å². The molecule has 0 spiro atoms. The predicted molar refractivity (Wildman–Crippen MR) is 162 cm³/mol. The number of benzene rings is 3. The van der Waals surface area contributed by atoms with Crippen LogP contribution in [0.15, 0.2) is 93.9 Å². The molecule has 1 aliphatic rings. The van der Waals surface area contributed by atoms with Crippen LogP contribution in [-0.2, 0) is 4.79 Å². The van der Waals surface area contributed by atoms with Crippen LogP contribution in [0.3, 0.4) is 0 Å². The number of para-hydroxylation sites is 1. The predicted octanol–water partition coefficient (Wildman–Crippen LogP) is 4.89. The summed E-state index contributed by atoms with van der Waals surface area (Å²) in [6.45, 7) is 4.28. The Labute approximate surface area is 243 Å². The molecular formula is C30H26IN3O4S. The van der Waals surface area contributed by atoms with Crippen molar-refractivity contribution in [2.45, 2.75) is 19.9 Å². The van der Waals surface area contributed by atoms with Crippen molar-refractivity contribution in [3.8, 4) is 11.5 Å². The molecule has 1 unspecified atom stereocenters. The normalized spacial score (nSPS) is 15.0. The number of carbonyl (C=O) groups excluding carboxylic acids is 1. The van der Waals surface area contributed by atoms with Crippen LogP contribution in [0.1, 0.15) is 31.0 Å². The highest BCUT2D eigenvalue weighted by Gasteiger charge is 2.32. The van der Waals surface area contributed by atoms with E-state index in [0.717, 1.165) is 26.2 Å². The molecular weight excluding hydrogens is 625 g/mol. The molecule has 1 aromatic heterocycles. The number of thiazole rings is 1. The van der Waals surface area contributed by atoms with Crippen LogP contribution in [0.25, 0.3) is 6.08 Å². The van der Waals surface area contributed by atoms with Gasteiger partial charge in [0, 0.05) is 5.69 Å². The van der Waals surface area contributed by atoms with Crippen LogP contribution < -0.4 is 29.7 Å². The Morgan fingerprint density at radius 1 is 1.13 bits per heavy atom. The van der Waals surface area contributed by atoms with Gasteiger partial charge in [-0.2, -0.15) is 0 Å². The standard InChI is InChI=1S/C30H26IN3O4S/c1-4-38-22-13-11-20(12-14-22)27-26(28(35)33-21-8-6-5-7-9-21)18(2)32-30-34(27)29(36)25(39-30)17-19-10-15-24(37-3)23(31)16-19/h5-17,27H,4H2,1-3H3,(H,33,35)/b25-17+. The fraction of sp³-hybridized carbons (Fsp3) is 0.167. The van der Waals surface area contributed by atoms with Gasteiger partial charge in [-0.25, -0.2) is 4.99 Å². The van der Waals surface area contributed by atoms with Gasteiger partial charge in [0.2, 0.25) is 0 Å². The molecule has 7 nitrogen and oxygen atoms in total. The van der Waals surface area contributed by atoms with Crippen LogP contribution in [0.2, 0.25) is 0 Å². The van der Waals surface area contributed by atoms with Crippen molar-refractivity contribution in [2.24, 2.45) is 4.99 Å². The Hall–Kier alpha value is -3.70. The molecule has 0 bridgehead atoms. The van der Waals surface area contributed by atoms with Gasteiger partial charge in [0.25, 0.3) is 11.5 Å². The van der Waals surface area contributed by atoms with E-state index in [-0.39, 0.29) is 11.5 Å². The average Bonchev–Trinajstić information content (AvgIpc) is 3.23. The molecule has 39 heavy (non-hydrogen) atoms. The molecule has 1 aliphatic heterocycles. The number of ether oxygens (including phenoxy) is 2. The van der Waals surface area contributed by atoms with E-state index in [1.165, 1.54) is 11.3 Å². The minimum absolute atomic E-state index is 0.207. The molecule has 4 aromatic rings. The number of carbonyl (C=O) groups is 1. The first-order chi connectivity index (χ1) is 18.9. The second kappa shape index (κ2) is 11.6. The van der Waals surface area contributed by atoms with Gasteiger partial charge in [0.1, 0.15) is 11.5 Å². The minimum atomic E-state index is -0.654. The molecule has 2 heterocycles. The zero-order chi connectivity index (χ0) is 27.5. The number of nitrogens with one attached hydrogen (secondary N) is 1. The first-order valence-electron chi connectivity index (χ1n) is 12.3. The first kappa shape index (κ1) is 26.9. The van der Waals surface area contributed by atoms with Crippen LogP contribution in [-0.4, -0.2) is 24.2 Å². The molecule has 0 saturated heterocycles. The maximum Gasteiger partial charge on any atom is 0.271 e. The second-order valence-corrected chi connectivity index (χ2v) is 11.0. The number of halogens is 1.